The maximum Gasteiger partial charge on any atom is 0.247 e. The number of rotatable bonds is 6. The molecule has 1 unspecified atom stereocenters. The van der Waals surface area contributed by atoms with Crippen LogP contribution in [0.3, 0.4) is 0 Å². The number of halogens is 1. The minimum Gasteiger partial charge on any atom is -0.372 e. The molecule has 8 heteroatoms. The van der Waals surface area contributed by atoms with Gasteiger partial charge in [-0.05, 0) is 68.7 Å². The first-order valence-electron chi connectivity index (χ1n) is 9.58. The van der Waals surface area contributed by atoms with Crippen molar-refractivity contribution in [1.82, 2.24) is 0 Å². The second kappa shape index (κ2) is 8.63. The van der Waals surface area contributed by atoms with Crippen molar-refractivity contribution in [3.8, 4) is 0 Å². The zero-order chi connectivity index (χ0) is 21.2. The van der Waals surface area contributed by atoms with E-state index in [1.807, 2.05) is 31.2 Å². The highest BCUT2D eigenvalue weighted by atomic mass is 35.5. The zero-order valence-corrected chi connectivity index (χ0v) is 18.4. The zero-order valence-electron chi connectivity index (χ0n) is 16.9. The van der Waals surface area contributed by atoms with Crippen molar-refractivity contribution in [2.45, 2.75) is 32.7 Å². The number of benzene rings is 2. The SMILES string of the molecule is Cc1ccc(N(C(C)C(=O)Nc2ccc(N3CCCC3)cc2)S(C)(=O)=O)cc1Cl. The Hall–Kier alpha value is -2.25. The molecule has 1 N–H and O–H groups in total. The van der Waals surface area contributed by atoms with Gasteiger partial charge >= 0.3 is 0 Å². The third-order valence-electron chi connectivity index (χ3n) is 5.10. The van der Waals surface area contributed by atoms with Gasteiger partial charge in [0.1, 0.15) is 6.04 Å². The van der Waals surface area contributed by atoms with Crippen LogP contribution in [0.1, 0.15) is 25.3 Å². The maximum absolute atomic E-state index is 12.8. The molecule has 29 heavy (non-hydrogen) atoms. The third kappa shape index (κ3) is 5.03. The van der Waals surface area contributed by atoms with Crippen LogP contribution >= 0.6 is 11.6 Å². The first kappa shape index (κ1) is 21.5. The number of carbonyl (C=O) groups is 1. The summed E-state index contributed by atoms with van der Waals surface area (Å²) in [4.78, 5) is 15.1. The van der Waals surface area contributed by atoms with Crippen molar-refractivity contribution >= 4 is 44.6 Å². The van der Waals surface area contributed by atoms with Gasteiger partial charge in [-0.1, -0.05) is 17.7 Å². The van der Waals surface area contributed by atoms with Crippen molar-refractivity contribution in [3.63, 3.8) is 0 Å². The molecule has 1 fully saturated rings. The molecule has 2 aromatic rings. The molecule has 0 aromatic heterocycles. The monoisotopic (exact) mass is 435 g/mol. The minimum atomic E-state index is -3.69. The molecule has 0 bridgehead atoms. The summed E-state index contributed by atoms with van der Waals surface area (Å²) >= 11 is 6.16. The van der Waals surface area contributed by atoms with Gasteiger partial charge in [-0.25, -0.2) is 8.42 Å². The van der Waals surface area contributed by atoms with Crippen molar-refractivity contribution in [2.75, 3.05) is 33.9 Å². The molecule has 3 rings (SSSR count). The second-order valence-corrected chi connectivity index (χ2v) is 9.67. The number of hydrogen-bond acceptors (Lipinski definition) is 4. The second-order valence-electron chi connectivity index (χ2n) is 7.40. The Labute approximate surface area is 177 Å². The highest BCUT2D eigenvalue weighted by Gasteiger charge is 2.29. The number of anilines is 3. The van der Waals surface area contributed by atoms with E-state index in [9.17, 15) is 13.2 Å². The molecule has 1 saturated heterocycles. The Kier molecular flexibility index (Phi) is 6.39. The van der Waals surface area contributed by atoms with Gasteiger partial charge in [-0.15, -0.1) is 0 Å². The van der Waals surface area contributed by atoms with Crippen LogP contribution in [0, 0.1) is 6.92 Å². The molecule has 156 valence electrons. The summed E-state index contributed by atoms with van der Waals surface area (Å²) in [5.74, 6) is -0.416. The number of nitrogens with zero attached hydrogens (tertiary/aromatic N) is 2. The highest BCUT2D eigenvalue weighted by molar-refractivity contribution is 7.92. The number of carbonyl (C=O) groups excluding carboxylic acids is 1. The Bertz CT molecular complexity index is 987. The summed E-state index contributed by atoms with van der Waals surface area (Å²) in [5.41, 5.74) is 2.94. The lowest BCUT2D eigenvalue weighted by Crippen LogP contribution is -2.45. The first-order chi connectivity index (χ1) is 13.7. The smallest absolute Gasteiger partial charge is 0.247 e. The number of aryl methyl sites for hydroxylation is 1. The lowest BCUT2D eigenvalue weighted by atomic mass is 10.2. The van der Waals surface area contributed by atoms with Gasteiger partial charge in [0.15, 0.2) is 0 Å². The van der Waals surface area contributed by atoms with Crippen LogP contribution in [0.25, 0.3) is 0 Å². The lowest BCUT2D eigenvalue weighted by Gasteiger charge is -2.28. The van der Waals surface area contributed by atoms with E-state index in [0.29, 0.717) is 16.4 Å². The predicted octanol–water partition coefficient (Wildman–Crippen LogP) is 4.04. The molecule has 0 spiro atoms. The summed E-state index contributed by atoms with van der Waals surface area (Å²) in [6, 6.07) is 11.6. The van der Waals surface area contributed by atoms with E-state index >= 15 is 0 Å². The fraction of sp³-hybridized carbons (Fsp3) is 0.381. The van der Waals surface area contributed by atoms with E-state index in [2.05, 4.69) is 10.2 Å². The van der Waals surface area contributed by atoms with Crippen LogP contribution in [-0.4, -0.2) is 39.7 Å². The molecule has 1 amide bonds. The van der Waals surface area contributed by atoms with Gasteiger partial charge in [0.2, 0.25) is 15.9 Å². The molecule has 1 atom stereocenters. The molecule has 1 aliphatic heterocycles. The number of sulfonamides is 1. The molecule has 1 heterocycles. The Morgan fingerprint density at radius 2 is 1.76 bits per heavy atom. The number of nitrogens with one attached hydrogen (secondary N) is 1. The van der Waals surface area contributed by atoms with Gasteiger partial charge in [-0.3, -0.25) is 9.10 Å². The average Bonchev–Trinajstić information content (AvgIpc) is 3.19. The van der Waals surface area contributed by atoms with Gasteiger partial charge < -0.3 is 10.2 Å². The topological polar surface area (TPSA) is 69.7 Å². The Morgan fingerprint density at radius 1 is 1.14 bits per heavy atom. The Morgan fingerprint density at radius 3 is 2.31 bits per heavy atom. The molecule has 0 saturated carbocycles. The molecular formula is C21H26ClN3O3S. The van der Waals surface area contributed by atoms with Crippen LogP contribution in [0.15, 0.2) is 42.5 Å². The van der Waals surface area contributed by atoms with Crippen molar-refractivity contribution < 1.29 is 13.2 Å². The standard InChI is InChI=1S/C21H26ClN3O3S/c1-15-6-9-19(14-20(15)22)25(29(3,27)28)16(2)21(26)23-17-7-10-18(11-8-17)24-12-4-5-13-24/h6-11,14,16H,4-5,12-13H2,1-3H3,(H,23,26). The maximum atomic E-state index is 12.8. The quantitative estimate of drug-likeness (QED) is 0.743. The van der Waals surface area contributed by atoms with Gasteiger partial charge in [0.25, 0.3) is 0 Å². The molecule has 1 aliphatic rings. The van der Waals surface area contributed by atoms with Gasteiger partial charge in [0.05, 0.1) is 11.9 Å². The largest absolute Gasteiger partial charge is 0.372 e. The van der Waals surface area contributed by atoms with Crippen LogP contribution in [0.5, 0.6) is 0 Å². The fourth-order valence-corrected chi connectivity index (χ4v) is 4.85. The minimum absolute atomic E-state index is 0.357. The van der Waals surface area contributed by atoms with E-state index in [0.717, 1.165) is 34.9 Å². The van der Waals surface area contributed by atoms with E-state index in [1.165, 1.54) is 12.8 Å². The molecule has 0 aliphatic carbocycles. The fourth-order valence-electron chi connectivity index (χ4n) is 3.51. The third-order valence-corrected chi connectivity index (χ3v) is 6.75. The molecular weight excluding hydrogens is 410 g/mol. The summed E-state index contributed by atoms with van der Waals surface area (Å²) in [6.45, 7) is 5.48. The summed E-state index contributed by atoms with van der Waals surface area (Å²) in [6.07, 6.45) is 3.47. The van der Waals surface area contributed by atoms with Crippen LogP contribution in [0.4, 0.5) is 17.1 Å². The van der Waals surface area contributed by atoms with Crippen LogP contribution in [0.2, 0.25) is 5.02 Å². The summed E-state index contributed by atoms with van der Waals surface area (Å²) in [5, 5.41) is 3.26. The number of hydrogen-bond donors (Lipinski definition) is 1. The highest BCUT2D eigenvalue weighted by Crippen LogP contribution is 2.27. The molecule has 2 aromatic carbocycles. The van der Waals surface area contributed by atoms with Gasteiger partial charge in [0, 0.05) is 29.5 Å². The van der Waals surface area contributed by atoms with Gasteiger partial charge in [-0.2, -0.15) is 0 Å². The van der Waals surface area contributed by atoms with E-state index < -0.39 is 22.0 Å². The van der Waals surface area contributed by atoms with Crippen molar-refractivity contribution in [2.24, 2.45) is 0 Å². The number of amides is 1. The summed E-state index contributed by atoms with van der Waals surface area (Å²) < 4.78 is 25.9. The lowest BCUT2D eigenvalue weighted by molar-refractivity contribution is -0.116. The first-order valence-corrected chi connectivity index (χ1v) is 11.8. The van der Waals surface area contributed by atoms with Crippen LogP contribution < -0.4 is 14.5 Å². The predicted molar refractivity (Wildman–Crippen MR) is 119 cm³/mol. The van der Waals surface area contributed by atoms with E-state index in [1.54, 1.807) is 25.1 Å². The van der Waals surface area contributed by atoms with E-state index in [4.69, 9.17) is 11.6 Å². The van der Waals surface area contributed by atoms with Crippen molar-refractivity contribution in [3.05, 3.63) is 53.1 Å². The molecule has 0 radical (unpaired) electrons. The van der Waals surface area contributed by atoms with Crippen molar-refractivity contribution in [1.29, 1.82) is 0 Å². The van der Waals surface area contributed by atoms with E-state index in [-0.39, 0.29) is 0 Å². The van der Waals surface area contributed by atoms with Crippen LogP contribution in [-0.2, 0) is 14.8 Å². The Balaban J connectivity index is 1.77. The molecule has 6 nitrogen and oxygen atoms in total. The normalized spacial score (nSPS) is 15.2. The average molecular weight is 436 g/mol. The summed E-state index contributed by atoms with van der Waals surface area (Å²) in [7, 11) is -3.69.